The Morgan fingerprint density at radius 3 is 2.64 bits per heavy atom. The smallest absolute Gasteiger partial charge is 0.306 e. The number of carbonyl (C=O) groups is 1. The van der Waals surface area contributed by atoms with Gasteiger partial charge in [0.1, 0.15) is 0 Å². The SMILES string of the molecule is CCCCC(C(=O)O)C1CCNCC1. The summed E-state index contributed by atoms with van der Waals surface area (Å²) in [6, 6.07) is 0. The molecule has 1 unspecified atom stereocenters. The molecule has 1 aliphatic rings. The lowest BCUT2D eigenvalue weighted by Gasteiger charge is -2.27. The highest BCUT2D eigenvalue weighted by Gasteiger charge is 2.28. The predicted octanol–water partition coefficient (Wildman–Crippen LogP) is 1.88. The van der Waals surface area contributed by atoms with Gasteiger partial charge >= 0.3 is 5.97 Å². The quantitative estimate of drug-likeness (QED) is 0.710. The number of aliphatic carboxylic acids is 1. The fourth-order valence-electron chi connectivity index (χ4n) is 2.23. The van der Waals surface area contributed by atoms with E-state index in [1.165, 1.54) is 0 Å². The predicted molar refractivity (Wildman–Crippen MR) is 56.2 cm³/mol. The fourth-order valence-corrected chi connectivity index (χ4v) is 2.23. The lowest BCUT2D eigenvalue weighted by atomic mass is 9.82. The maximum Gasteiger partial charge on any atom is 0.306 e. The van der Waals surface area contributed by atoms with Crippen LogP contribution in [0.15, 0.2) is 0 Å². The summed E-state index contributed by atoms with van der Waals surface area (Å²) in [6.45, 7) is 4.09. The monoisotopic (exact) mass is 199 g/mol. The van der Waals surface area contributed by atoms with E-state index in [2.05, 4.69) is 12.2 Å². The Balaban J connectivity index is 2.43. The van der Waals surface area contributed by atoms with Gasteiger partial charge in [0.05, 0.1) is 5.92 Å². The van der Waals surface area contributed by atoms with Crippen molar-refractivity contribution in [1.29, 1.82) is 0 Å². The maximum absolute atomic E-state index is 11.1. The van der Waals surface area contributed by atoms with Crippen LogP contribution in [0.4, 0.5) is 0 Å². The molecule has 1 heterocycles. The minimum absolute atomic E-state index is 0.1000. The second-order valence-electron chi connectivity index (χ2n) is 4.17. The second-order valence-corrected chi connectivity index (χ2v) is 4.17. The molecule has 0 bridgehead atoms. The second kappa shape index (κ2) is 6.02. The number of hydrogen-bond acceptors (Lipinski definition) is 2. The number of unbranched alkanes of at least 4 members (excludes halogenated alkanes) is 1. The maximum atomic E-state index is 11.1. The van der Waals surface area contributed by atoms with Crippen LogP contribution in [-0.4, -0.2) is 24.2 Å². The number of nitrogens with one attached hydrogen (secondary N) is 1. The summed E-state index contributed by atoms with van der Waals surface area (Å²) in [5.41, 5.74) is 0. The van der Waals surface area contributed by atoms with Crippen LogP contribution in [0.25, 0.3) is 0 Å². The third-order valence-corrected chi connectivity index (χ3v) is 3.14. The molecule has 1 saturated heterocycles. The van der Waals surface area contributed by atoms with Gasteiger partial charge < -0.3 is 10.4 Å². The zero-order valence-electron chi connectivity index (χ0n) is 8.96. The van der Waals surface area contributed by atoms with Gasteiger partial charge in [-0.1, -0.05) is 19.8 Å². The standard InChI is InChI=1S/C11H21NO2/c1-2-3-4-10(11(13)14)9-5-7-12-8-6-9/h9-10,12H,2-8H2,1H3,(H,13,14). The molecule has 1 aliphatic heterocycles. The van der Waals surface area contributed by atoms with Gasteiger partial charge in [0, 0.05) is 0 Å². The van der Waals surface area contributed by atoms with Gasteiger partial charge in [0.15, 0.2) is 0 Å². The van der Waals surface area contributed by atoms with E-state index in [9.17, 15) is 4.79 Å². The van der Waals surface area contributed by atoms with Crippen LogP contribution in [0.1, 0.15) is 39.0 Å². The van der Waals surface area contributed by atoms with Gasteiger partial charge in [-0.25, -0.2) is 0 Å². The molecule has 1 atom stereocenters. The van der Waals surface area contributed by atoms with Crippen molar-refractivity contribution in [3.05, 3.63) is 0 Å². The van der Waals surface area contributed by atoms with E-state index in [1.54, 1.807) is 0 Å². The van der Waals surface area contributed by atoms with E-state index in [1.807, 2.05) is 0 Å². The third-order valence-electron chi connectivity index (χ3n) is 3.14. The lowest BCUT2D eigenvalue weighted by molar-refractivity contribution is -0.144. The normalized spacial score (nSPS) is 20.6. The molecule has 1 rings (SSSR count). The number of piperidine rings is 1. The summed E-state index contributed by atoms with van der Waals surface area (Å²) in [6.07, 6.45) is 5.05. The van der Waals surface area contributed by atoms with Crippen molar-refractivity contribution in [3.8, 4) is 0 Å². The van der Waals surface area contributed by atoms with E-state index >= 15 is 0 Å². The topological polar surface area (TPSA) is 49.3 Å². The van der Waals surface area contributed by atoms with Gasteiger partial charge in [0.25, 0.3) is 0 Å². The fraction of sp³-hybridized carbons (Fsp3) is 0.909. The van der Waals surface area contributed by atoms with E-state index in [-0.39, 0.29) is 5.92 Å². The molecule has 0 aromatic heterocycles. The molecule has 1 fully saturated rings. The Kier molecular flexibility index (Phi) is 4.94. The van der Waals surface area contributed by atoms with Crippen molar-refractivity contribution < 1.29 is 9.90 Å². The molecule has 3 heteroatoms. The molecule has 3 nitrogen and oxygen atoms in total. The average Bonchev–Trinajstić information content (AvgIpc) is 2.19. The molecular weight excluding hydrogens is 178 g/mol. The minimum atomic E-state index is -0.592. The highest BCUT2D eigenvalue weighted by Crippen LogP contribution is 2.26. The molecule has 2 N–H and O–H groups in total. The van der Waals surface area contributed by atoms with Crippen LogP contribution >= 0.6 is 0 Å². The summed E-state index contributed by atoms with van der Waals surface area (Å²) in [5, 5.41) is 12.4. The molecule has 0 aromatic carbocycles. The molecule has 0 aliphatic carbocycles. The molecular formula is C11H21NO2. The van der Waals surface area contributed by atoms with Crippen molar-refractivity contribution in [1.82, 2.24) is 5.32 Å². The average molecular weight is 199 g/mol. The van der Waals surface area contributed by atoms with Crippen molar-refractivity contribution in [2.75, 3.05) is 13.1 Å². The van der Waals surface area contributed by atoms with Crippen molar-refractivity contribution >= 4 is 5.97 Å². The van der Waals surface area contributed by atoms with Crippen LogP contribution in [0, 0.1) is 11.8 Å². The van der Waals surface area contributed by atoms with Crippen molar-refractivity contribution in [3.63, 3.8) is 0 Å². The Bertz CT molecular complexity index is 176. The van der Waals surface area contributed by atoms with Crippen LogP contribution in [0.2, 0.25) is 0 Å². The van der Waals surface area contributed by atoms with Gasteiger partial charge in [-0.2, -0.15) is 0 Å². The summed E-state index contributed by atoms with van der Waals surface area (Å²) < 4.78 is 0. The van der Waals surface area contributed by atoms with Crippen LogP contribution in [-0.2, 0) is 4.79 Å². The first kappa shape index (κ1) is 11.5. The number of rotatable bonds is 5. The minimum Gasteiger partial charge on any atom is -0.481 e. The third kappa shape index (κ3) is 3.29. The highest BCUT2D eigenvalue weighted by atomic mass is 16.4. The van der Waals surface area contributed by atoms with Crippen LogP contribution in [0.3, 0.4) is 0 Å². The number of carboxylic acids is 1. The largest absolute Gasteiger partial charge is 0.481 e. The molecule has 0 amide bonds. The summed E-state index contributed by atoms with van der Waals surface area (Å²) in [5.74, 6) is -0.289. The van der Waals surface area contributed by atoms with E-state index in [0.29, 0.717) is 5.92 Å². The van der Waals surface area contributed by atoms with Gasteiger partial charge in [-0.05, 0) is 38.3 Å². The first-order valence-electron chi connectivity index (χ1n) is 5.69. The van der Waals surface area contributed by atoms with Gasteiger partial charge in [-0.15, -0.1) is 0 Å². The van der Waals surface area contributed by atoms with Crippen LogP contribution < -0.4 is 5.32 Å². The first-order chi connectivity index (χ1) is 6.75. The molecule has 0 aromatic rings. The lowest BCUT2D eigenvalue weighted by Crippen LogP contribution is -2.34. The molecule has 0 spiro atoms. The summed E-state index contributed by atoms with van der Waals surface area (Å²) in [7, 11) is 0. The zero-order valence-corrected chi connectivity index (χ0v) is 8.96. The van der Waals surface area contributed by atoms with Crippen molar-refractivity contribution in [2.24, 2.45) is 11.8 Å². The molecule has 82 valence electrons. The van der Waals surface area contributed by atoms with E-state index < -0.39 is 5.97 Å². The Labute approximate surface area is 85.9 Å². The van der Waals surface area contributed by atoms with Gasteiger partial charge in [0.2, 0.25) is 0 Å². The Hall–Kier alpha value is -0.570. The molecule has 0 saturated carbocycles. The summed E-state index contributed by atoms with van der Waals surface area (Å²) >= 11 is 0. The van der Waals surface area contributed by atoms with Crippen molar-refractivity contribution in [2.45, 2.75) is 39.0 Å². The zero-order chi connectivity index (χ0) is 10.4. The van der Waals surface area contributed by atoms with E-state index in [0.717, 1.165) is 45.2 Å². The molecule has 0 radical (unpaired) electrons. The first-order valence-corrected chi connectivity index (χ1v) is 5.69. The van der Waals surface area contributed by atoms with E-state index in [4.69, 9.17) is 5.11 Å². The number of carboxylic acid groups (broad SMARTS) is 1. The highest BCUT2D eigenvalue weighted by molar-refractivity contribution is 5.70. The molecule has 14 heavy (non-hydrogen) atoms. The summed E-state index contributed by atoms with van der Waals surface area (Å²) in [4.78, 5) is 11.1. The van der Waals surface area contributed by atoms with Gasteiger partial charge in [-0.3, -0.25) is 4.79 Å². The Morgan fingerprint density at radius 2 is 2.14 bits per heavy atom. The van der Waals surface area contributed by atoms with Crippen LogP contribution in [0.5, 0.6) is 0 Å². The number of hydrogen-bond donors (Lipinski definition) is 2. The Morgan fingerprint density at radius 1 is 1.50 bits per heavy atom.